The van der Waals surface area contributed by atoms with E-state index in [9.17, 15) is 22.8 Å². The van der Waals surface area contributed by atoms with Crippen molar-refractivity contribution in [2.45, 2.75) is 26.1 Å². The fraction of sp³-hybridized carbons (Fsp3) is 0.353. The molecule has 0 unspecified atom stereocenters. The summed E-state index contributed by atoms with van der Waals surface area (Å²) >= 11 is 7.25. The largest absolute Gasteiger partial charge is 0.416 e. The molecule has 11 heteroatoms. The Morgan fingerprint density at radius 2 is 2.07 bits per heavy atom. The van der Waals surface area contributed by atoms with Gasteiger partial charge in [-0.05, 0) is 18.2 Å². The van der Waals surface area contributed by atoms with Crippen LogP contribution in [0.3, 0.4) is 0 Å². The fourth-order valence-electron chi connectivity index (χ4n) is 2.78. The van der Waals surface area contributed by atoms with Crippen LogP contribution < -0.4 is 10.6 Å². The predicted molar refractivity (Wildman–Crippen MR) is 100 cm³/mol. The Balaban J connectivity index is 1.63. The highest BCUT2D eigenvalue weighted by Crippen LogP contribution is 2.34. The molecule has 3 rings (SSSR count). The third-order valence-electron chi connectivity index (χ3n) is 4.03. The lowest BCUT2D eigenvalue weighted by Gasteiger charge is -2.25. The highest BCUT2D eigenvalue weighted by molar-refractivity contribution is 7.15. The molecule has 0 fully saturated rings. The minimum Gasteiger partial charge on any atom is -0.324 e. The lowest BCUT2D eigenvalue weighted by atomic mass is 10.1. The van der Waals surface area contributed by atoms with Crippen molar-refractivity contribution in [2.24, 2.45) is 0 Å². The molecule has 0 spiro atoms. The van der Waals surface area contributed by atoms with Crippen LogP contribution in [0.5, 0.6) is 0 Å². The number of alkyl halides is 3. The van der Waals surface area contributed by atoms with Gasteiger partial charge in [0, 0.05) is 31.3 Å². The van der Waals surface area contributed by atoms with Crippen LogP contribution in [0.25, 0.3) is 0 Å². The minimum atomic E-state index is -4.52. The first kappa shape index (κ1) is 20.6. The summed E-state index contributed by atoms with van der Waals surface area (Å²) in [5.74, 6) is -0.670. The molecule has 0 aliphatic carbocycles. The first-order valence-electron chi connectivity index (χ1n) is 8.27. The van der Waals surface area contributed by atoms with Crippen molar-refractivity contribution in [3.63, 3.8) is 0 Å². The zero-order valence-electron chi connectivity index (χ0n) is 14.7. The highest BCUT2D eigenvalue weighted by Gasteiger charge is 2.31. The number of carbonyl (C=O) groups excluding carboxylic acids is 2. The quantitative estimate of drug-likeness (QED) is 0.771. The number of amides is 2. The second-order valence-electron chi connectivity index (χ2n) is 6.27. The molecule has 2 aromatic rings. The summed E-state index contributed by atoms with van der Waals surface area (Å²) in [6.45, 7) is 2.44. The van der Waals surface area contributed by atoms with Gasteiger partial charge >= 0.3 is 6.18 Å². The predicted octanol–water partition coefficient (Wildman–Crippen LogP) is 3.77. The molecule has 1 aliphatic heterocycles. The second-order valence-corrected chi connectivity index (χ2v) is 7.76. The van der Waals surface area contributed by atoms with Crippen molar-refractivity contribution < 1.29 is 22.8 Å². The third-order valence-corrected chi connectivity index (χ3v) is 5.36. The maximum Gasteiger partial charge on any atom is 0.416 e. The van der Waals surface area contributed by atoms with E-state index in [1.165, 1.54) is 18.3 Å². The van der Waals surface area contributed by atoms with Crippen molar-refractivity contribution in [1.82, 2.24) is 9.88 Å². The van der Waals surface area contributed by atoms with E-state index < -0.39 is 17.6 Å². The lowest BCUT2D eigenvalue weighted by Crippen LogP contribution is -2.36. The molecule has 0 bridgehead atoms. The summed E-state index contributed by atoms with van der Waals surface area (Å²) in [7, 11) is 0. The number of fused-ring (bicyclic) bond motifs is 1. The molecule has 1 aromatic heterocycles. The lowest BCUT2D eigenvalue weighted by molar-refractivity contribution is -0.137. The summed E-state index contributed by atoms with van der Waals surface area (Å²) in [6.07, 6.45) is -3.91. The SMILES string of the molecule is CC(=O)Nc1nc2c(s1)CN(CC(=O)Nc1cc(C(F)(F)F)ccc1Cl)CC2. The molecule has 1 aliphatic rings. The van der Waals surface area contributed by atoms with Crippen molar-refractivity contribution in [3.8, 4) is 0 Å². The number of hydrogen-bond donors (Lipinski definition) is 2. The van der Waals surface area contributed by atoms with E-state index in [2.05, 4.69) is 15.6 Å². The Kier molecular flexibility index (Phi) is 5.92. The van der Waals surface area contributed by atoms with Crippen LogP contribution in [0, 0.1) is 0 Å². The van der Waals surface area contributed by atoms with E-state index in [0.717, 1.165) is 28.8 Å². The van der Waals surface area contributed by atoms with Gasteiger partial charge in [0.25, 0.3) is 0 Å². The minimum absolute atomic E-state index is 0.000611. The van der Waals surface area contributed by atoms with E-state index in [0.29, 0.717) is 24.6 Å². The maximum absolute atomic E-state index is 12.8. The van der Waals surface area contributed by atoms with E-state index in [1.807, 2.05) is 4.90 Å². The number of anilines is 2. The van der Waals surface area contributed by atoms with Gasteiger partial charge in [-0.15, -0.1) is 11.3 Å². The van der Waals surface area contributed by atoms with E-state index in [1.54, 1.807) is 0 Å². The third kappa shape index (κ3) is 5.00. The van der Waals surface area contributed by atoms with Crippen LogP contribution in [-0.2, 0) is 28.7 Å². The van der Waals surface area contributed by atoms with Crippen LogP contribution >= 0.6 is 22.9 Å². The van der Waals surface area contributed by atoms with Gasteiger partial charge in [0.15, 0.2) is 5.13 Å². The van der Waals surface area contributed by atoms with Crippen LogP contribution in [-0.4, -0.2) is 34.8 Å². The molecule has 0 atom stereocenters. The van der Waals surface area contributed by atoms with Crippen molar-refractivity contribution in [2.75, 3.05) is 23.7 Å². The molecular formula is C17H16ClF3N4O2S. The Hall–Kier alpha value is -2.17. The summed E-state index contributed by atoms with van der Waals surface area (Å²) < 4.78 is 38.5. The molecule has 6 nitrogen and oxygen atoms in total. The summed E-state index contributed by atoms with van der Waals surface area (Å²) in [5, 5.41) is 5.63. The van der Waals surface area contributed by atoms with E-state index in [-0.39, 0.29) is 23.2 Å². The van der Waals surface area contributed by atoms with Gasteiger partial charge in [-0.1, -0.05) is 11.6 Å². The second kappa shape index (κ2) is 8.06. The normalized spacial score (nSPS) is 14.5. The monoisotopic (exact) mass is 432 g/mol. The molecule has 2 amide bonds. The van der Waals surface area contributed by atoms with Gasteiger partial charge in [-0.3, -0.25) is 14.5 Å². The molecule has 150 valence electrons. The summed E-state index contributed by atoms with van der Waals surface area (Å²) in [6, 6.07) is 2.78. The first-order valence-corrected chi connectivity index (χ1v) is 9.46. The molecule has 0 saturated heterocycles. The molecule has 0 saturated carbocycles. The molecule has 28 heavy (non-hydrogen) atoms. The Bertz CT molecular complexity index is 916. The van der Waals surface area contributed by atoms with Crippen molar-refractivity contribution in [3.05, 3.63) is 39.4 Å². The number of thiazole rings is 1. The first-order chi connectivity index (χ1) is 13.1. The molecule has 1 aromatic carbocycles. The highest BCUT2D eigenvalue weighted by atomic mass is 35.5. The van der Waals surface area contributed by atoms with Crippen LogP contribution in [0.2, 0.25) is 5.02 Å². The molecular weight excluding hydrogens is 417 g/mol. The number of carbonyl (C=O) groups is 2. The van der Waals surface area contributed by atoms with E-state index in [4.69, 9.17) is 11.6 Å². The van der Waals surface area contributed by atoms with Gasteiger partial charge in [-0.2, -0.15) is 13.2 Å². The average Bonchev–Trinajstić information content (AvgIpc) is 2.96. The number of halogens is 4. The van der Waals surface area contributed by atoms with Gasteiger partial charge in [0.2, 0.25) is 11.8 Å². The Morgan fingerprint density at radius 3 is 2.75 bits per heavy atom. The Morgan fingerprint density at radius 1 is 1.32 bits per heavy atom. The van der Waals surface area contributed by atoms with Crippen molar-refractivity contribution in [1.29, 1.82) is 0 Å². The average molecular weight is 433 g/mol. The number of nitrogens with one attached hydrogen (secondary N) is 2. The van der Waals surface area contributed by atoms with Crippen LogP contribution in [0.15, 0.2) is 18.2 Å². The number of rotatable bonds is 4. The zero-order chi connectivity index (χ0) is 20.5. The standard InChI is InChI=1S/C17H16ClF3N4O2S/c1-9(26)22-16-24-12-4-5-25(7-14(12)28-16)8-15(27)23-13-6-10(17(19,20)21)2-3-11(13)18/h2-3,6H,4-5,7-8H2,1H3,(H,23,27)(H,22,24,26). The molecule has 0 radical (unpaired) electrons. The number of aromatic nitrogens is 1. The van der Waals surface area contributed by atoms with Gasteiger partial charge in [-0.25, -0.2) is 4.98 Å². The Labute approximate surface area is 167 Å². The molecule has 2 N–H and O–H groups in total. The summed E-state index contributed by atoms with van der Waals surface area (Å²) in [5.41, 5.74) is -0.0822. The van der Waals surface area contributed by atoms with Gasteiger partial charge in [0.1, 0.15) is 0 Å². The zero-order valence-corrected chi connectivity index (χ0v) is 16.3. The maximum atomic E-state index is 12.8. The number of hydrogen-bond acceptors (Lipinski definition) is 5. The number of benzene rings is 1. The topological polar surface area (TPSA) is 74.3 Å². The van der Waals surface area contributed by atoms with Crippen molar-refractivity contribution >= 4 is 45.6 Å². The smallest absolute Gasteiger partial charge is 0.324 e. The van der Waals surface area contributed by atoms with Gasteiger partial charge in [0.05, 0.1) is 28.5 Å². The summed E-state index contributed by atoms with van der Waals surface area (Å²) in [4.78, 5) is 30.6. The fourth-order valence-corrected chi connectivity index (χ4v) is 4.04. The van der Waals surface area contributed by atoms with Crippen LogP contribution in [0.4, 0.5) is 24.0 Å². The molecule has 2 heterocycles. The van der Waals surface area contributed by atoms with E-state index >= 15 is 0 Å². The van der Waals surface area contributed by atoms with Gasteiger partial charge < -0.3 is 10.6 Å². The number of nitrogens with zero attached hydrogens (tertiary/aromatic N) is 2. The van der Waals surface area contributed by atoms with Crippen LogP contribution in [0.1, 0.15) is 23.1 Å².